The lowest BCUT2D eigenvalue weighted by molar-refractivity contribution is 0.0730. The summed E-state index contributed by atoms with van der Waals surface area (Å²) in [6.07, 6.45) is 1.62. The number of sulfonamides is 2. The number of carbonyl (C=O) groups is 1. The van der Waals surface area contributed by atoms with Crippen LogP contribution in [0, 0.1) is 0 Å². The molecule has 2 N–H and O–H groups in total. The molecule has 0 spiro atoms. The van der Waals surface area contributed by atoms with Crippen LogP contribution in [-0.2, 0) is 24.8 Å². The third-order valence-corrected chi connectivity index (χ3v) is 8.50. The fourth-order valence-corrected chi connectivity index (χ4v) is 6.18. The Morgan fingerprint density at radius 1 is 0.968 bits per heavy atom. The smallest absolute Gasteiger partial charge is 0.257 e. The molecule has 0 atom stereocenters. The summed E-state index contributed by atoms with van der Waals surface area (Å²) in [6, 6.07) is 11.8. The number of amides is 1. The van der Waals surface area contributed by atoms with Crippen molar-refractivity contribution in [2.75, 3.05) is 31.6 Å². The maximum absolute atomic E-state index is 13.1. The molecule has 2 aromatic carbocycles. The number of nitrogens with zero attached hydrogens (tertiary/aromatic N) is 1. The number of carbonyl (C=O) groups excluding carboxylic acids is 1. The first kappa shape index (κ1) is 21.9. The van der Waals surface area contributed by atoms with Crippen molar-refractivity contribution in [1.82, 2.24) is 9.03 Å². The largest absolute Gasteiger partial charge is 0.379 e. The van der Waals surface area contributed by atoms with Gasteiger partial charge in [0, 0.05) is 24.8 Å². The van der Waals surface area contributed by atoms with E-state index in [0.717, 1.165) is 12.8 Å². The Hall–Kier alpha value is -2.31. The SMILES string of the molecule is O=C(Nc1cccc(S(=O)(=O)NC2CC2)c1)c1ccccc1S(=O)(=O)N1CCOCC1. The van der Waals surface area contributed by atoms with Crippen LogP contribution < -0.4 is 10.0 Å². The molecule has 0 aromatic heterocycles. The number of ether oxygens (including phenoxy) is 1. The second kappa shape index (κ2) is 8.67. The number of benzene rings is 2. The molecular formula is C20H23N3O6S2. The van der Waals surface area contributed by atoms with Crippen molar-refractivity contribution in [3.8, 4) is 0 Å². The summed E-state index contributed by atoms with van der Waals surface area (Å²) < 4.78 is 60.1. The van der Waals surface area contributed by atoms with Crippen LogP contribution in [0.4, 0.5) is 5.69 Å². The van der Waals surface area contributed by atoms with E-state index in [4.69, 9.17) is 4.74 Å². The van der Waals surface area contributed by atoms with Gasteiger partial charge in [0.15, 0.2) is 0 Å². The minimum atomic E-state index is -3.88. The van der Waals surface area contributed by atoms with Crippen LogP contribution in [0.5, 0.6) is 0 Å². The monoisotopic (exact) mass is 465 g/mol. The van der Waals surface area contributed by atoms with E-state index in [9.17, 15) is 21.6 Å². The molecular weight excluding hydrogens is 442 g/mol. The molecule has 1 aliphatic carbocycles. The minimum absolute atomic E-state index is 0.0154. The molecule has 1 amide bonds. The number of morpholine rings is 1. The van der Waals surface area contributed by atoms with Crippen LogP contribution in [0.25, 0.3) is 0 Å². The summed E-state index contributed by atoms with van der Waals surface area (Å²) in [5.41, 5.74) is 0.237. The average Bonchev–Trinajstić information content (AvgIpc) is 3.58. The van der Waals surface area contributed by atoms with Crippen LogP contribution in [0.15, 0.2) is 58.3 Å². The van der Waals surface area contributed by atoms with E-state index in [-0.39, 0.29) is 40.2 Å². The lowest BCUT2D eigenvalue weighted by Gasteiger charge is -2.26. The molecule has 1 saturated heterocycles. The molecule has 2 aromatic rings. The molecule has 1 aliphatic heterocycles. The number of rotatable bonds is 7. The van der Waals surface area contributed by atoms with Crippen molar-refractivity contribution >= 4 is 31.6 Å². The first-order chi connectivity index (χ1) is 14.8. The van der Waals surface area contributed by atoms with Gasteiger partial charge in [-0.1, -0.05) is 18.2 Å². The molecule has 2 fully saturated rings. The molecule has 11 heteroatoms. The van der Waals surface area contributed by atoms with Gasteiger partial charge in [-0.15, -0.1) is 0 Å². The topological polar surface area (TPSA) is 122 Å². The molecule has 0 bridgehead atoms. The molecule has 166 valence electrons. The van der Waals surface area contributed by atoms with E-state index in [0.29, 0.717) is 13.2 Å². The maximum atomic E-state index is 13.1. The fourth-order valence-electron chi connectivity index (χ4n) is 3.23. The first-order valence-electron chi connectivity index (χ1n) is 9.88. The van der Waals surface area contributed by atoms with E-state index in [1.165, 1.54) is 34.6 Å². The zero-order valence-electron chi connectivity index (χ0n) is 16.7. The van der Waals surface area contributed by atoms with Gasteiger partial charge >= 0.3 is 0 Å². The number of hydrogen-bond donors (Lipinski definition) is 2. The second-order valence-electron chi connectivity index (χ2n) is 7.39. The minimum Gasteiger partial charge on any atom is -0.379 e. The van der Waals surface area contributed by atoms with Crippen molar-refractivity contribution < 1.29 is 26.4 Å². The van der Waals surface area contributed by atoms with Gasteiger partial charge in [0.2, 0.25) is 20.0 Å². The highest BCUT2D eigenvalue weighted by Gasteiger charge is 2.31. The summed E-state index contributed by atoms with van der Waals surface area (Å²) >= 11 is 0. The molecule has 0 radical (unpaired) electrons. The lowest BCUT2D eigenvalue weighted by atomic mass is 10.2. The van der Waals surface area contributed by atoms with Gasteiger partial charge in [-0.2, -0.15) is 4.31 Å². The van der Waals surface area contributed by atoms with Crippen molar-refractivity contribution in [1.29, 1.82) is 0 Å². The molecule has 1 heterocycles. The van der Waals surface area contributed by atoms with Gasteiger partial charge in [0.25, 0.3) is 5.91 Å². The maximum Gasteiger partial charge on any atom is 0.257 e. The second-order valence-corrected chi connectivity index (χ2v) is 11.0. The van der Waals surface area contributed by atoms with Crippen molar-refractivity contribution in [3.63, 3.8) is 0 Å². The highest BCUT2D eigenvalue weighted by atomic mass is 32.2. The van der Waals surface area contributed by atoms with Gasteiger partial charge in [-0.25, -0.2) is 21.6 Å². The molecule has 2 aliphatic rings. The summed E-state index contributed by atoms with van der Waals surface area (Å²) in [6.45, 7) is 1.02. The van der Waals surface area contributed by atoms with Gasteiger partial charge in [0.05, 0.1) is 28.6 Å². The van der Waals surface area contributed by atoms with Crippen LogP contribution in [-0.4, -0.2) is 59.4 Å². The van der Waals surface area contributed by atoms with Crippen LogP contribution in [0.2, 0.25) is 0 Å². The highest BCUT2D eigenvalue weighted by Crippen LogP contribution is 2.25. The predicted octanol–water partition coefficient (Wildman–Crippen LogP) is 1.40. The quantitative estimate of drug-likeness (QED) is 0.638. The van der Waals surface area contributed by atoms with E-state index < -0.39 is 26.0 Å². The van der Waals surface area contributed by atoms with Crippen molar-refractivity contribution in [3.05, 3.63) is 54.1 Å². The molecule has 9 nitrogen and oxygen atoms in total. The normalized spacial score (nSPS) is 17.9. The summed E-state index contributed by atoms with van der Waals surface area (Å²) in [5, 5.41) is 2.62. The average molecular weight is 466 g/mol. The number of nitrogens with one attached hydrogen (secondary N) is 2. The third-order valence-electron chi connectivity index (χ3n) is 5.02. The van der Waals surface area contributed by atoms with E-state index in [1.54, 1.807) is 18.2 Å². The summed E-state index contributed by atoms with van der Waals surface area (Å²) in [7, 11) is -7.56. The van der Waals surface area contributed by atoms with E-state index in [1.807, 2.05) is 0 Å². The van der Waals surface area contributed by atoms with E-state index in [2.05, 4.69) is 10.0 Å². The number of anilines is 1. The molecule has 4 rings (SSSR count). The van der Waals surface area contributed by atoms with E-state index >= 15 is 0 Å². The zero-order chi connectivity index (χ0) is 22.1. The number of hydrogen-bond acceptors (Lipinski definition) is 6. The van der Waals surface area contributed by atoms with Crippen LogP contribution in [0.1, 0.15) is 23.2 Å². The summed E-state index contributed by atoms with van der Waals surface area (Å²) in [4.78, 5) is 12.9. The Labute approximate surface area is 181 Å². The Bertz CT molecular complexity index is 1190. The van der Waals surface area contributed by atoms with Crippen LogP contribution in [0.3, 0.4) is 0 Å². The predicted molar refractivity (Wildman–Crippen MR) is 114 cm³/mol. The van der Waals surface area contributed by atoms with Gasteiger partial charge in [-0.3, -0.25) is 4.79 Å². The fraction of sp³-hybridized carbons (Fsp3) is 0.350. The first-order valence-corrected chi connectivity index (χ1v) is 12.8. The van der Waals surface area contributed by atoms with Crippen molar-refractivity contribution in [2.45, 2.75) is 28.7 Å². The highest BCUT2D eigenvalue weighted by molar-refractivity contribution is 7.89. The Balaban J connectivity index is 1.58. The molecule has 31 heavy (non-hydrogen) atoms. The Kier molecular flexibility index (Phi) is 6.13. The molecule has 1 saturated carbocycles. The van der Waals surface area contributed by atoms with Gasteiger partial charge < -0.3 is 10.1 Å². The zero-order valence-corrected chi connectivity index (χ0v) is 18.3. The summed E-state index contributed by atoms with van der Waals surface area (Å²) in [5.74, 6) is -0.642. The van der Waals surface area contributed by atoms with Crippen molar-refractivity contribution in [2.24, 2.45) is 0 Å². The lowest BCUT2D eigenvalue weighted by Crippen LogP contribution is -2.41. The van der Waals surface area contributed by atoms with Gasteiger partial charge in [-0.05, 0) is 43.2 Å². The van der Waals surface area contributed by atoms with Crippen LogP contribution >= 0.6 is 0 Å². The third kappa shape index (κ3) is 4.96. The Morgan fingerprint density at radius 3 is 2.39 bits per heavy atom. The molecule has 0 unspecified atom stereocenters. The Morgan fingerprint density at radius 2 is 1.68 bits per heavy atom. The van der Waals surface area contributed by atoms with Gasteiger partial charge in [0.1, 0.15) is 0 Å². The standard InChI is InChI=1S/C20H23N3O6S2/c24-20(21-16-4-3-5-17(14-16)30(25,26)22-15-8-9-15)18-6-1-2-7-19(18)31(27,28)23-10-12-29-13-11-23/h1-7,14-15,22H,8-13H2,(H,21,24).